The van der Waals surface area contributed by atoms with Gasteiger partial charge in [0.25, 0.3) is 0 Å². The van der Waals surface area contributed by atoms with E-state index in [9.17, 15) is 0 Å². The number of aliphatic carboxylic acids is 2. The topological polar surface area (TPSA) is 188 Å². The molecule has 0 radical (unpaired) electrons. The summed E-state index contributed by atoms with van der Waals surface area (Å²) >= 11 is 0. The molecule has 0 heterocycles. The second kappa shape index (κ2) is 13.5. The maximum absolute atomic E-state index is 8.93. The summed E-state index contributed by atoms with van der Waals surface area (Å²) in [6.07, 6.45) is 4.25. The summed E-state index contributed by atoms with van der Waals surface area (Å²) in [4.78, 5) is 17.9. The van der Waals surface area contributed by atoms with E-state index < -0.39 is 11.9 Å². The number of carbonyl (C=O) groups excluding carboxylic acids is 2. The number of carboxylic acids is 2. The number of rotatable bonds is 0. The Balaban J connectivity index is -0.0000000873. The average Bonchev–Trinajstić information content (AvgIpc) is 2.11. The summed E-state index contributed by atoms with van der Waals surface area (Å²) in [6.45, 7) is 0. The first-order chi connectivity index (χ1) is 6.45. The van der Waals surface area contributed by atoms with Gasteiger partial charge in [-0.05, 0) is 0 Å². The van der Waals surface area contributed by atoms with E-state index in [1.807, 2.05) is 0 Å². The summed E-state index contributed by atoms with van der Waals surface area (Å²) in [5, 5.41) is 17.9. The summed E-state index contributed by atoms with van der Waals surface area (Å²) in [5.41, 5.74) is 14.6. The average molecular weight is 429 g/mol. The van der Waals surface area contributed by atoms with Gasteiger partial charge in [-0.1, -0.05) is 25.7 Å². The maximum Gasteiger partial charge on any atom is 4.00 e. The summed E-state index contributed by atoms with van der Waals surface area (Å²) in [7, 11) is 0. The van der Waals surface area contributed by atoms with Gasteiger partial charge >= 0.3 is 21.1 Å². The van der Waals surface area contributed by atoms with Crippen molar-refractivity contribution in [1.82, 2.24) is 0 Å². The van der Waals surface area contributed by atoms with Crippen molar-refractivity contribution in [3.05, 3.63) is 11.5 Å². The van der Waals surface area contributed by atoms with Crippen LogP contribution in [0.5, 0.6) is 0 Å². The van der Waals surface area contributed by atoms with Gasteiger partial charge < -0.3 is 42.2 Å². The van der Waals surface area contributed by atoms with Crippen LogP contribution in [-0.4, -0.2) is 35.0 Å². The van der Waals surface area contributed by atoms with Gasteiger partial charge in [-0.3, -0.25) is 0 Å². The molecular weight excluding hydrogens is 415 g/mol. The molecule has 17 heavy (non-hydrogen) atoms. The third kappa shape index (κ3) is 13.4. The normalized spacial score (nSPS) is 21.3. The van der Waals surface area contributed by atoms with Gasteiger partial charge in [-0.25, -0.2) is 0 Å². The molecule has 0 unspecified atom stereocenters. The molecule has 0 saturated heterocycles. The van der Waals surface area contributed by atoms with Crippen molar-refractivity contribution in [3.8, 4) is 0 Å². The second-order valence-electron chi connectivity index (χ2n) is 3.07. The zero-order chi connectivity index (χ0) is 11.1. The number of carbonyl (C=O) groups is 2. The standard InChI is InChI=1S/C6H12N2.C2H2O4.2H2O.Pt/c7-5-3-1-2-4-6(5)8;3-1(4)2(5)6;;;/h5-8H,1-4H2;(H,3,4)(H,5,6);2*1H2;/q-2;;;;+4/p-4/t5-,6-;;;;/m0..../s1. The molecule has 0 aromatic carbocycles. The molecule has 0 aliphatic heterocycles. The van der Waals surface area contributed by atoms with E-state index in [1.165, 1.54) is 12.8 Å². The Morgan fingerprint density at radius 3 is 1.24 bits per heavy atom. The molecule has 0 spiro atoms. The Morgan fingerprint density at radius 2 is 1.12 bits per heavy atom. The fourth-order valence-corrected chi connectivity index (χ4v) is 1.13. The molecule has 0 aromatic heterocycles. The molecule has 0 aromatic rings. The van der Waals surface area contributed by atoms with Crippen LogP contribution in [0, 0.1) is 0 Å². The Kier molecular flexibility index (Phi) is 20.2. The molecule has 9 heteroatoms. The van der Waals surface area contributed by atoms with Crippen LogP contribution in [0.4, 0.5) is 0 Å². The molecule has 1 fully saturated rings. The molecule has 2 atom stereocenters. The van der Waals surface area contributed by atoms with E-state index in [4.69, 9.17) is 31.3 Å². The molecular formula is C8H14N2O6Pt-2. The number of carboxylic acid groups (broad SMARTS) is 2. The number of hydrogen-bond donors (Lipinski definition) is 0. The largest absolute Gasteiger partial charge is 4.00 e. The SMILES string of the molecule is O=C([O-])C(=O)[O-].[NH-][C@H]1CCCC[C@@H]1[NH-].[OH-].[OH-].[Pt+4]. The van der Waals surface area contributed by atoms with Crippen molar-refractivity contribution >= 4 is 11.9 Å². The fourth-order valence-electron chi connectivity index (χ4n) is 1.13. The van der Waals surface area contributed by atoms with Crippen LogP contribution in [0.15, 0.2) is 0 Å². The van der Waals surface area contributed by atoms with Crippen LogP contribution >= 0.6 is 0 Å². The molecule has 0 bridgehead atoms. The van der Waals surface area contributed by atoms with Crippen LogP contribution in [0.1, 0.15) is 25.7 Å². The zero-order valence-corrected chi connectivity index (χ0v) is 11.1. The predicted octanol–water partition coefficient (Wildman–Crippen LogP) is -1.47. The van der Waals surface area contributed by atoms with E-state index in [0.717, 1.165) is 12.8 Å². The van der Waals surface area contributed by atoms with Crippen LogP contribution in [0.2, 0.25) is 0 Å². The number of hydrogen-bond acceptors (Lipinski definition) is 6. The Morgan fingerprint density at radius 1 is 0.882 bits per heavy atom. The zero-order valence-electron chi connectivity index (χ0n) is 8.83. The molecule has 1 rings (SSSR count). The molecule has 1 saturated carbocycles. The van der Waals surface area contributed by atoms with E-state index >= 15 is 0 Å². The molecule has 1 aliphatic carbocycles. The first kappa shape index (κ1) is 25.3. The van der Waals surface area contributed by atoms with E-state index in [2.05, 4.69) is 0 Å². The summed E-state index contributed by atoms with van der Waals surface area (Å²) in [5.74, 6) is -4.37. The first-order valence-electron chi connectivity index (χ1n) is 4.29. The van der Waals surface area contributed by atoms with Gasteiger partial charge in [0.15, 0.2) is 0 Å². The Hall–Kier alpha value is -0.532. The third-order valence-corrected chi connectivity index (χ3v) is 1.93. The Labute approximate surface area is 113 Å². The minimum atomic E-state index is -2.19. The third-order valence-electron chi connectivity index (χ3n) is 1.93. The summed E-state index contributed by atoms with van der Waals surface area (Å²) < 4.78 is 0. The molecule has 8 nitrogen and oxygen atoms in total. The van der Waals surface area contributed by atoms with Gasteiger partial charge in [-0.2, -0.15) is 12.1 Å². The van der Waals surface area contributed by atoms with Crippen LogP contribution in [0.25, 0.3) is 11.5 Å². The minimum Gasteiger partial charge on any atom is -0.870 e. The molecule has 0 amide bonds. The van der Waals surface area contributed by atoms with Crippen molar-refractivity contribution in [2.24, 2.45) is 0 Å². The van der Waals surface area contributed by atoms with E-state index in [0.29, 0.717) is 0 Å². The molecule has 104 valence electrons. The van der Waals surface area contributed by atoms with Gasteiger partial charge in [0.2, 0.25) is 0 Å². The quantitative estimate of drug-likeness (QED) is 0.423. The molecule has 4 N–H and O–H groups in total. The van der Waals surface area contributed by atoms with E-state index in [1.54, 1.807) is 0 Å². The summed E-state index contributed by atoms with van der Waals surface area (Å²) in [6, 6.07) is -0.160. The monoisotopic (exact) mass is 429 g/mol. The minimum absolute atomic E-state index is 0. The molecule has 1 aliphatic rings. The van der Waals surface area contributed by atoms with Crippen LogP contribution in [0.3, 0.4) is 0 Å². The van der Waals surface area contributed by atoms with Crippen molar-refractivity contribution in [2.45, 2.75) is 37.8 Å². The van der Waals surface area contributed by atoms with Crippen molar-refractivity contribution in [3.63, 3.8) is 0 Å². The fraction of sp³-hybridized carbons (Fsp3) is 0.750. The maximum atomic E-state index is 8.93. The van der Waals surface area contributed by atoms with Crippen LogP contribution < -0.4 is 10.2 Å². The van der Waals surface area contributed by atoms with Gasteiger partial charge in [0.05, 0.1) is 11.9 Å². The number of nitrogens with one attached hydrogen (secondary N) is 2. The Bertz CT molecular complexity index is 194. The van der Waals surface area contributed by atoms with Crippen molar-refractivity contribution in [1.29, 1.82) is 0 Å². The van der Waals surface area contributed by atoms with E-state index in [-0.39, 0.29) is 44.1 Å². The van der Waals surface area contributed by atoms with Gasteiger partial charge in [0, 0.05) is 0 Å². The van der Waals surface area contributed by atoms with Crippen molar-refractivity contribution in [2.75, 3.05) is 0 Å². The smallest absolute Gasteiger partial charge is 0.870 e. The van der Waals surface area contributed by atoms with Gasteiger partial charge in [-0.15, -0.1) is 0 Å². The second-order valence-corrected chi connectivity index (χ2v) is 3.07. The van der Waals surface area contributed by atoms with Crippen LogP contribution in [-0.2, 0) is 30.7 Å². The van der Waals surface area contributed by atoms with Gasteiger partial charge in [0.1, 0.15) is 0 Å². The predicted molar refractivity (Wildman–Crippen MR) is 48.6 cm³/mol. The first-order valence-corrected chi connectivity index (χ1v) is 4.29. The van der Waals surface area contributed by atoms with Crippen molar-refractivity contribution < 1.29 is 51.8 Å².